The quantitative estimate of drug-likeness (QED) is 0.855. The van der Waals surface area contributed by atoms with E-state index in [1.165, 1.54) is 37.0 Å². The number of hydrogen-bond donors (Lipinski definition) is 1. The first-order valence-corrected chi connectivity index (χ1v) is 9.60. The van der Waals surface area contributed by atoms with Crippen LogP contribution in [-0.2, 0) is 6.54 Å². The molecule has 0 atom stereocenters. The monoisotopic (exact) mass is 278 g/mol. The Morgan fingerprint density at radius 3 is 2.11 bits per heavy atom. The molecule has 0 aliphatic carbocycles. The Hall–Kier alpha value is -0.430. The van der Waals surface area contributed by atoms with Gasteiger partial charge in [-0.1, -0.05) is 46.0 Å². The molecule has 2 fully saturated rings. The average molecular weight is 278 g/mol. The van der Waals surface area contributed by atoms with Gasteiger partial charge in [0.1, 0.15) is 0 Å². The van der Waals surface area contributed by atoms with Crippen LogP contribution in [0.15, 0.2) is 24.3 Å². The second kappa shape index (κ2) is 6.35. The molecule has 1 aromatic rings. The van der Waals surface area contributed by atoms with Crippen molar-refractivity contribution in [2.75, 3.05) is 39.5 Å². The number of likely N-dealkylation sites (tertiary alicyclic amines) is 1. The molecule has 19 heavy (non-hydrogen) atoms. The molecule has 2 aliphatic rings. The lowest BCUT2D eigenvalue weighted by atomic mass is 9.74. The number of nitrogens with zero attached hydrogens (tertiary/aromatic N) is 1. The minimum absolute atomic E-state index is 0.0512. The summed E-state index contributed by atoms with van der Waals surface area (Å²) in [5.74, 6) is 0. The summed E-state index contributed by atoms with van der Waals surface area (Å²) in [5, 5.41) is 4.89. The molecule has 0 bridgehead atoms. The second-order valence-electron chi connectivity index (χ2n) is 5.81. The second-order valence-corrected chi connectivity index (χ2v) is 8.11. The maximum absolute atomic E-state index is 3.38. The summed E-state index contributed by atoms with van der Waals surface area (Å²) in [6, 6.07) is 9.23. The van der Waals surface area contributed by atoms with Crippen LogP contribution in [0.5, 0.6) is 0 Å². The maximum Gasteiger partial charge on any atom is 0.0234 e. The Balaban J connectivity index is 0.000000637. The molecule has 2 saturated heterocycles. The Kier molecular flexibility index (Phi) is 5.00. The summed E-state index contributed by atoms with van der Waals surface area (Å²) < 4.78 is 0. The third kappa shape index (κ3) is 3.37. The highest BCUT2D eigenvalue weighted by Gasteiger charge is 2.46. The van der Waals surface area contributed by atoms with Gasteiger partial charge in [-0.2, -0.15) is 0 Å². The van der Waals surface area contributed by atoms with Gasteiger partial charge in [0.2, 0.25) is 0 Å². The average Bonchev–Trinajstić information content (AvgIpc) is 2.34. The molecule has 1 spiro atoms. The van der Waals surface area contributed by atoms with E-state index in [9.17, 15) is 0 Å². The van der Waals surface area contributed by atoms with Crippen molar-refractivity contribution in [3.05, 3.63) is 29.8 Å². The van der Waals surface area contributed by atoms with E-state index in [2.05, 4.69) is 47.8 Å². The molecule has 3 rings (SSSR count). The van der Waals surface area contributed by atoms with Crippen LogP contribution >= 0.6 is 7.92 Å². The van der Waals surface area contributed by atoms with Gasteiger partial charge in [-0.15, -0.1) is 0 Å². The minimum atomic E-state index is 0.0512. The molecule has 0 aromatic heterocycles. The van der Waals surface area contributed by atoms with E-state index < -0.39 is 0 Å². The Morgan fingerprint density at radius 2 is 1.68 bits per heavy atom. The van der Waals surface area contributed by atoms with E-state index in [1.807, 2.05) is 13.8 Å². The highest BCUT2D eigenvalue weighted by Crippen LogP contribution is 2.34. The van der Waals surface area contributed by atoms with Gasteiger partial charge in [-0.25, -0.2) is 0 Å². The molecule has 1 aromatic carbocycles. The van der Waals surface area contributed by atoms with Crippen LogP contribution in [0.2, 0.25) is 0 Å². The summed E-state index contributed by atoms with van der Waals surface area (Å²) in [7, 11) is 0.0512. The summed E-state index contributed by atoms with van der Waals surface area (Å²) in [4.78, 5) is 2.57. The Bertz CT molecular complexity index is 388. The van der Waals surface area contributed by atoms with Gasteiger partial charge in [0.15, 0.2) is 0 Å². The predicted octanol–water partition coefficient (Wildman–Crippen LogP) is 2.48. The Labute approximate surface area is 119 Å². The fourth-order valence-corrected chi connectivity index (χ4v) is 3.62. The number of benzene rings is 1. The normalized spacial score (nSPS) is 20.5. The lowest BCUT2D eigenvalue weighted by Gasteiger charge is -2.56. The van der Waals surface area contributed by atoms with Crippen molar-refractivity contribution >= 4 is 13.2 Å². The molecule has 106 valence electrons. The summed E-state index contributed by atoms with van der Waals surface area (Å²) >= 11 is 0. The zero-order chi connectivity index (χ0) is 13.9. The molecule has 0 amide bonds. The molecule has 2 nitrogen and oxygen atoms in total. The summed E-state index contributed by atoms with van der Waals surface area (Å²) in [6.45, 7) is 14.8. The molecular formula is C16H27N2P. The zero-order valence-electron chi connectivity index (χ0n) is 12.7. The molecule has 0 saturated carbocycles. The van der Waals surface area contributed by atoms with Gasteiger partial charge >= 0.3 is 0 Å². The van der Waals surface area contributed by atoms with E-state index in [-0.39, 0.29) is 7.92 Å². The smallest absolute Gasteiger partial charge is 0.0234 e. The Morgan fingerprint density at radius 1 is 1.11 bits per heavy atom. The van der Waals surface area contributed by atoms with E-state index >= 15 is 0 Å². The van der Waals surface area contributed by atoms with Gasteiger partial charge in [0, 0.05) is 38.1 Å². The van der Waals surface area contributed by atoms with Gasteiger partial charge < -0.3 is 5.32 Å². The molecule has 3 heteroatoms. The lowest BCUT2D eigenvalue weighted by Crippen LogP contribution is -2.70. The first kappa shape index (κ1) is 15.0. The first-order chi connectivity index (χ1) is 9.17. The molecule has 1 N–H and O–H groups in total. The maximum atomic E-state index is 3.38. The molecule has 0 radical (unpaired) electrons. The predicted molar refractivity (Wildman–Crippen MR) is 86.8 cm³/mol. The van der Waals surface area contributed by atoms with Crippen molar-refractivity contribution in [3.8, 4) is 0 Å². The van der Waals surface area contributed by atoms with Crippen LogP contribution in [0, 0.1) is 5.41 Å². The van der Waals surface area contributed by atoms with Gasteiger partial charge in [-0.3, -0.25) is 4.90 Å². The third-order valence-corrected chi connectivity index (χ3v) is 5.31. The highest BCUT2D eigenvalue weighted by atomic mass is 31.1. The fourth-order valence-electron chi connectivity index (χ4n) is 2.87. The van der Waals surface area contributed by atoms with Crippen LogP contribution in [0.1, 0.15) is 19.4 Å². The van der Waals surface area contributed by atoms with Crippen LogP contribution in [0.3, 0.4) is 0 Å². The van der Waals surface area contributed by atoms with Gasteiger partial charge in [0.05, 0.1) is 0 Å². The van der Waals surface area contributed by atoms with E-state index in [1.54, 1.807) is 0 Å². The van der Waals surface area contributed by atoms with Crippen molar-refractivity contribution in [3.63, 3.8) is 0 Å². The molecule has 2 aliphatic heterocycles. The van der Waals surface area contributed by atoms with Gasteiger partial charge in [-0.05, 0) is 24.2 Å². The topological polar surface area (TPSA) is 15.3 Å². The largest absolute Gasteiger partial charge is 0.315 e. The van der Waals surface area contributed by atoms with E-state index in [0.717, 1.165) is 6.54 Å². The molecular weight excluding hydrogens is 251 g/mol. The first-order valence-electron chi connectivity index (χ1n) is 7.36. The van der Waals surface area contributed by atoms with Crippen LogP contribution in [-0.4, -0.2) is 44.4 Å². The number of rotatable bonds is 3. The highest BCUT2D eigenvalue weighted by molar-refractivity contribution is 7.64. The molecule has 2 heterocycles. The third-order valence-electron chi connectivity index (χ3n) is 3.98. The SMILES string of the molecule is CC.CP(C)c1ccc(CN2CC3(CNC3)C2)cc1. The van der Waals surface area contributed by atoms with Crippen molar-refractivity contribution in [1.29, 1.82) is 0 Å². The summed E-state index contributed by atoms with van der Waals surface area (Å²) in [5.41, 5.74) is 2.12. The van der Waals surface area contributed by atoms with Crippen molar-refractivity contribution < 1.29 is 0 Å². The lowest BCUT2D eigenvalue weighted by molar-refractivity contribution is -0.0444. The minimum Gasteiger partial charge on any atom is -0.315 e. The van der Waals surface area contributed by atoms with Crippen LogP contribution in [0.4, 0.5) is 0 Å². The van der Waals surface area contributed by atoms with E-state index in [0.29, 0.717) is 5.41 Å². The van der Waals surface area contributed by atoms with Crippen molar-refractivity contribution in [2.45, 2.75) is 20.4 Å². The number of hydrogen-bond acceptors (Lipinski definition) is 2. The number of nitrogens with one attached hydrogen (secondary N) is 1. The van der Waals surface area contributed by atoms with Crippen molar-refractivity contribution in [2.24, 2.45) is 5.41 Å². The van der Waals surface area contributed by atoms with Crippen LogP contribution < -0.4 is 10.6 Å². The van der Waals surface area contributed by atoms with Crippen LogP contribution in [0.25, 0.3) is 0 Å². The standard InChI is InChI=1S/C14H21N2P.C2H6/c1-17(2)13-5-3-12(4-6-13)7-16-10-14(11-16)8-15-9-14;1-2/h3-6,15H,7-11H2,1-2H3;1-2H3. The van der Waals surface area contributed by atoms with E-state index in [4.69, 9.17) is 0 Å². The molecule has 0 unspecified atom stereocenters. The zero-order valence-corrected chi connectivity index (χ0v) is 13.6. The summed E-state index contributed by atoms with van der Waals surface area (Å²) in [6.07, 6.45) is 0. The van der Waals surface area contributed by atoms with Gasteiger partial charge in [0.25, 0.3) is 0 Å². The van der Waals surface area contributed by atoms with Crippen molar-refractivity contribution in [1.82, 2.24) is 10.2 Å². The fraction of sp³-hybridized carbons (Fsp3) is 0.625.